The van der Waals surface area contributed by atoms with Gasteiger partial charge in [-0.3, -0.25) is 4.90 Å². The lowest BCUT2D eigenvalue weighted by Crippen LogP contribution is -2.49. The van der Waals surface area contributed by atoms with Crippen molar-refractivity contribution in [1.29, 1.82) is 0 Å². The maximum atomic E-state index is 10.1. The Morgan fingerprint density at radius 3 is 2.40 bits per heavy atom. The fourth-order valence-corrected chi connectivity index (χ4v) is 4.45. The van der Waals surface area contributed by atoms with Crippen molar-refractivity contribution in [2.24, 2.45) is 0 Å². The molecular formula is C27H38N2O6. The number of methoxy groups -OCH3 is 1. The summed E-state index contributed by atoms with van der Waals surface area (Å²) in [5.41, 5.74) is 2.18. The average molecular weight is 487 g/mol. The lowest BCUT2D eigenvalue weighted by atomic mass is 10.1. The number of fused-ring (bicyclic) bond motifs is 1. The second-order valence-electron chi connectivity index (χ2n) is 8.96. The minimum Gasteiger partial charge on any atom is -0.495 e. The predicted octanol–water partition coefficient (Wildman–Crippen LogP) is 3.66. The van der Waals surface area contributed by atoms with Gasteiger partial charge in [-0.1, -0.05) is 38.0 Å². The van der Waals surface area contributed by atoms with Gasteiger partial charge in [-0.05, 0) is 30.7 Å². The summed E-state index contributed by atoms with van der Waals surface area (Å²) in [4.78, 5) is 4.66. The first-order valence-corrected chi connectivity index (χ1v) is 12.6. The molecule has 2 aromatic rings. The van der Waals surface area contributed by atoms with Gasteiger partial charge in [0.25, 0.3) is 0 Å². The first-order valence-electron chi connectivity index (χ1n) is 12.6. The standard InChI is InChI=1S/C19H32N2O3.C8H6O3/c1-3-4-7-14-24-16-17(22)15-20-10-12-21(13-11-20)18-8-5-6-9-19(18)23-2;1-2-6-5-4-9-8(10-6)11-7(5)3-1/h5-6,8-9,17,22H,3-4,7,10-16H2,1-2H3;1-3,8H,4H2. The van der Waals surface area contributed by atoms with Crippen LogP contribution in [-0.4, -0.2) is 75.6 Å². The molecule has 0 radical (unpaired) electrons. The lowest BCUT2D eigenvalue weighted by molar-refractivity contribution is -0.235. The Hall–Kier alpha value is -2.52. The number of ether oxygens (including phenoxy) is 5. The summed E-state index contributed by atoms with van der Waals surface area (Å²) in [6.45, 7) is 7.95. The summed E-state index contributed by atoms with van der Waals surface area (Å²) in [6.07, 6.45) is 3.08. The van der Waals surface area contributed by atoms with Gasteiger partial charge >= 0.3 is 6.48 Å². The van der Waals surface area contributed by atoms with Crippen LogP contribution in [0.5, 0.6) is 17.2 Å². The Bertz CT molecular complexity index is 894. The zero-order valence-electron chi connectivity index (χ0n) is 20.9. The Morgan fingerprint density at radius 1 is 1.00 bits per heavy atom. The van der Waals surface area contributed by atoms with Gasteiger partial charge in [-0.25, -0.2) is 0 Å². The van der Waals surface area contributed by atoms with Crippen molar-refractivity contribution in [1.82, 2.24) is 4.90 Å². The molecule has 6 rings (SSSR count). The maximum Gasteiger partial charge on any atom is 0.361 e. The van der Waals surface area contributed by atoms with E-state index in [1.807, 2.05) is 36.4 Å². The molecule has 192 valence electrons. The van der Waals surface area contributed by atoms with E-state index in [9.17, 15) is 5.11 Å². The van der Waals surface area contributed by atoms with Crippen LogP contribution in [0, 0.1) is 0 Å². The van der Waals surface area contributed by atoms with E-state index in [0.717, 1.165) is 67.7 Å². The Balaban J connectivity index is 0.000000214. The van der Waals surface area contributed by atoms with E-state index in [1.165, 1.54) is 12.8 Å². The van der Waals surface area contributed by atoms with Gasteiger partial charge in [0.1, 0.15) is 17.2 Å². The summed E-state index contributed by atoms with van der Waals surface area (Å²) < 4.78 is 26.7. The molecule has 4 aliphatic heterocycles. The number of rotatable bonds is 10. The summed E-state index contributed by atoms with van der Waals surface area (Å²) in [5, 5.41) is 10.1. The molecule has 8 heteroatoms. The van der Waals surface area contributed by atoms with E-state index in [4.69, 9.17) is 23.7 Å². The van der Waals surface area contributed by atoms with Crippen molar-refractivity contribution in [3.8, 4) is 17.2 Å². The topological polar surface area (TPSA) is 72.9 Å². The number of aliphatic hydroxyl groups is 1. The van der Waals surface area contributed by atoms with Crippen LogP contribution in [0.15, 0.2) is 42.5 Å². The molecule has 0 spiro atoms. The molecule has 1 N–H and O–H groups in total. The monoisotopic (exact) mass is 486 g/mol. The van der Waals surface area contributed by atoms with Crippen LogP contribution >= 0.6 is 0 Å². The molecule has 0 aliphatic carbocycles. The summed E-state index contributed by atoms with van der Waals surface area (Å²) >= 11 is 0. The highest BCUT2D eigenvalue weighted by Gasteiger charge is 2.30. The average Bonchev–Trinajstić information content (AvgIpc) is 2.89. The van der Waals surface area contributed by atoms with Gasteiger partial charge in [-0.2, -0.15) is 0 Å². The van der Waals surface area contributed by atoms with Crippen LogP contribution in [0.25, 0.3) is 0 Å². The van der Waals surface area contributed by atoms with Crippen molar-refractivity contribution in [2.75, 3.05) is 57.9 Å². The Morgan fingerprint density at radius 2 is 1.74 bits per heavy atom. The third-order valence-corrected chi connectivity index (χ3v) is 6.37. The fraction of sp³-hybridized carbons (Fsp3) is 0.556. The van der Waals surface area contributed by atoms with Crippen molar-refractivity contribution < 1.29 is 28.8 Å². The Kier molecular flexibility index (Phi) is 9.48. The first-order chi connectivity index (χ1) is 17.2. The predicted molar refractivity (Wildman–Crippen MR) is 134 cm³/mol. The molecule has 1 fully saturated rings. The van der Waals surface area contributed by atoms with Crippen LogP contribution in [-0.2, 0) is 16.1 Å². The molecule has 0 saturated carbocycles. The molecule has 4 heterocycles. The van der Waals surface area contributed by atoms with Gasteiger partial charge in [0.15, 0.2) is 0 Å². The van der Waals surface area contributed by atoms with Gasteiger partial charge in [0, 0.05) is 39.3 Å². The van der Waals surface area contributed by atoms with Crippen LogP contribution in [0.4, 0.5) is 5.69 Å². The number of unbranched alkanes of at least 4 members (excludes halogenated alkanes) is 2. The lowest BCUT2D eigenvalue weighted by Gasteiger charge is -2.37. The summed E-state index contributed by atoms with van der Waals surface area (Å²) in [7, 11) is 1.71. The van der Waals surface area contributed by atoms with Crippen LogP contribution in [0.3, 0.4) is 0 Å². The van der Waals surface area contributed by atoms with Crippen LogP contribution in [0.2, 0.25) is 0 Å². The summed E-state index contributed by atoms with van der Waals surface area (Å²) in [6, 6.07) is 13.9. The van der Waals surface area contributed by atoms with Crippen molar-refractivity contribution >= 4 is 5.69 Å². The number of anilines is 1. The molecule has 1 saturated heterocycles. The molecule has 8 nitrogen and oxygen atoms in total. The highest BCUT2D eigenvalue weighted by molar-refractivity contribution is 5.58. The SMILES string of the molecule is CCCCCOCC(O)CN1CCN(c2ccccc2OC)CC1.c1cc2c3c(c1)OC(OC3)O2. The number of nitrogens with zero attached hydrogens (tertiary/aromatic N) is 2. The van der Waals surface area contributed by atoms with Gasteiger partial charge in [0.05, 0.1) is 37.7 Å². The summed E-state index contributed by atoms with van der Waals surface area (Å²) in [5.74, 6) is 2.71. The second-order valence-corrected chi connectivity index (χ2v) is 8.96. The minimum atomic E-state index is -0.515. The van der Waals surface area contributed by atoms with E-state index in [2.05, 4.69) is 22.8 Å². The largest absolute Gasteiger partial charge is 0.495 e. The number of aliphatic hydroxyl groups excluding tert-OH is 1. The van der Waals surface area contributed by atoms with Crippen LogP contribution < -0.4 is 19.1 Å². The number of hydrogen-bond acceptors (Lipinski definition) is 8. The minimum absolute atomic E-state index is 0.399. The molecule has 1 unspecified atom stereocenters. The third-order valence-electron chi connectivity index (χ3n) is 6.37. The van der Waals surface area contributed by atoms with Crippen molar-refractivity contribution in [3.63, 3.8) is 0 Å². The highest BCUT2D eigenvalue weighted by atomic mass is 16.9. The smallest absolute Gasteiger partial charge is 0.361 e. The molecule has 35 heavy (non-hydrogen) atoms. The van der Waals surface area contributed by atoms with Crippen molar-refractivity contribution in [3.05, 3.63) is 48.0 Å². The molecule has 4 bridgehead atoms. The van der Waals surface area contributed by atoms with E-state index < -0.39 is 12.6 Å². The fourth-order valence-electron chi connectivity index (χ4n) is 4.45. The molecular weight excluding hydrogens is 448 g/mol. The molecule has 4 aliphatic rings. The van der Waals surface area contributed by atoms with Crippen molar-refractivity contribution in [2.45, 2.75) is 45.4 Å². The van der Waals surface area contributed by atoms with Gasteiger partial charge in [0.2, 0.25) is 0 Å². The number of β-amino-alcohol motifs (C(OH)–C–C–N with tert-alkyl or cyclic N) is 1. The second kappa shape index (κ2) is 13.0. The molecule has 0 amide bonds. The van der Waals surface area contributed by atoms with Gasteiger partial charge in [-0.15, -0.1) is 0 Å². The number of hydrogen-bond donors (Lipinski definition) is 1. The zero-order valence-corrected chi connectivity index (χ0v) is 20.9. The normalized spacial score (nSPS) is 17.7. The molecule has 0 aromatic heterocycles. The first kappa shape index (κ1) is 25.6. The number of para-hydroxylation sites is 2. The van der Waals surface area contributed by atoms with Crippen LogP contribution in [0.1, 0.15) is 31.7 Å². The zero-order chi connectivity index (χ0) is 24.5. The van der Waals surface area contributed by atoms with E-state index in [1.54, 1.807) is 7.11 Å². The maximum absolute atomic E-state index is 10.1. The van der Waals surface area contributed by atoms with Gasteiger partial charge < -0.3 is 33.7 Å². The quantitative estimate of drug-likeness (QED) is 0.510. The Labute approximate surface area is 208 Å². The molecule has 2 aromatic carbocycles. The number of piperazine rings is 1. The van der Waals surface area contributed by atoms with E-state index >= 15 is 0 Å². The molecule has 1 atom stereocenters. The number of benzene rings is 2. The van der Waals surface area contributed by atoms with E-state index in [0.29, 0.717) is 19.8 Å². The third kappa shape index (κ3) is 7.01. The van der Waals surface area contributed by atoms with E-state index in [-0.39, 0.29) is 0 Å². The highest BCUT2D eigenvalue weighted by Crippen LogP contribution is 2.39.